The second-order valence-corrected chi connectivity index (χ2v) is 7.18. The Morgan fingerprint density at radius 2 is 1.67 bits per heavy atom. The molecule has 0 aromatic carbocycles. The van der Waals surface area contributed by atoms with Crippen molar-refractivity contribution in [2.45, 2.75) is 32.6 Å². The molecule has 1 nitrogen and oxygen atoms in total. The molecule has 18 heavy (non-hydrogen) atoms. The fourth-order valence-corrected chi connectivity index (χ4v) is 6.58. The molecule has 8 unspecified atom stereocenters. The van der Waals surface area contributed by atoms with Crippen molar-refractivity contribution in [1.29, 1.82) is 0 Å². The van der Waals surface area contributed by atoms with Crippen LogP contribution in [0.5, 0.6) is 0 Å². The highest BCUT2D eigenvalue weighted by atomic mass is 16.5. The van der Waals surface area contributed by atoms with E-state index in [2.05, 4.69) is 19.1 Å². The third-order valence-electron chi connectivity index (χ3n) is 6.89. The van der Waals surface area contributed by atoms with E-state index in [1.54, 1.807) is 6.42 Å². The van der Waals surface area contributed by atoms with Crippen molar-refractivity contribution >= 4 is 0 Å². The summed E-state index contributed by atoms with van der Waals surface area (Å²) in [5, 5.41) is 0. The first-order chi connectivity index (χ1) is 8.85. The van der Waals surface area contributed by atoms with Crippen LogP contribution < -0.4 is 0 Å². The number of fused-ring (bicyclic) bond motifs is 9. The van der Waals surface area contributed by atoms with Crippen molar-refractivity contribution in [3.8, 4) is 0 Å². The summed E-state index contributed by atoms with van der Waals surface area (Å²) < 4.78 is 5.36. The fraction of sp³-hybridized carbons (Fsp3) is 0.882. The van der Waals surface area contributed by atoms with Gasteiger partial charge in [-0.1, -0.05) is 25.5 Å². The summed E-state index contributed by atoms with van der Waals surface area (Å²) in [5.74, 6) is 8.16. The fourth-order valence-electron chi connectivity index (χ4n) is 6.58. The first kappa shape index (κ1) is 11.5. The average Bonchev–Trinajstić information content (AvgIpc) is 3.11. The van der Waals surface area contributed by atoms with Gasteiger partial charge in [0, 0.05) is 13.7 Å². The van der Waals surface area contributed by atoms with Gasteiger partial charge in [0.05, 0.1) is 0 Å². The van der Waals surface area contributed by atoms with Crippen LogP contribution in [0.15, 0.2) is 12.2 Å². The maximum absolute atomic E-state index is 5.36. The van der Waals surface area contributed by atoms with E-state index in [9.17, 15) is 0 Å². The SMILES string of the molecule is CCC1C(CCOC)C2CC1C1C3C=CC(C3)C21. The zero-order valence-corrected chi connectivity index (χ0v) is 11.7. The van der Waals surface area contributed by atoms with Crippen molar-refractivity contribution in [1.82, 2.24) is 0 Å². The lowest BCUT2D eigenvalue weighted by Crippen LogP contribution is -2.37. The molecule has 4 bridgehead atoms. The van der Waals surface area contributed by atoms with E-state index < -0.39 is 0 Å². The second kappa shape index (κ2) is 4.10. The molecule has 4 aliphatic carbocycles. The topological polar surface area (TPSA) is 9.23 Å². The summed E-state index contributed by atoms with van der Waals surface area (Å²) in [4.78, 5) is 0. The molecule has 0 heterocycles. The number of hydrogen-bond acceptors (Lipinski definition) is 1. The highest BCUT2D eigenvalue weighted by Crippen LogP contribution is 2.69. The number of rotatable bonds is 4. The van der Waals surface area contributed by atoms with E-state index in [1.165, 1.54) is 19.3 Å². The summed E-state index contributed by atoms with van der Waals surface area (Å²) in [6, 6.07) is 0. The molecular formula is C17H26O. The zero-order chi connectivity index (χ0) is 12.3. The van der Waals surface area contributed by atoms with Crippen molar-refractivity contribution < 1.29 is 4.74 Å². The summed E-state index contributed by atoms with van der Waals surface area (Å²) in [5.41, 5.74) is 0. The summed E-state index contributed by atoms with van der Waals surface area (Å²) >= 11 is 0. The number of hydrogen-bond donors (Lipinski definition) is 0. The largest absolute Gasteiger partial charge is 0.385 e. The summed E-state index contributed by atoms with van der Waals surface area (Å²) in [6.07, 6.45) is 10.9. The summed E-state index contributed by atoms with van der Waals surface area (Å²) in [7, 11) is 1.86. The predicted octanol–water partition coefficient (Wildman–Crippen LogP) is 3.75. The molecule has 0 N–H and O–H groups in total. The van der Waals surface area contributed by atoms with Crippen LogP contribution in [0.1, 0.15) is 32.6 Å². The molecule has 0 saturated heterocycles. The van der Waals surface area contributed by atoms with Crippen LogP contribution in [-0.4, -0.2) is 13.7 Å². The molecule has 0 radical (unpaired) electrons. The van der Waals surface area contributed by atoms with E-state index in [4.69, 9.17) is 4.74 Å². The first-order valence-corrected chi connectivity index (χ1v) is 8.02. The Morgan fingerprint density at radius 3 is 2.28 bits per heavy atom. The molecule has 1 heteroatoms. The van der Waals surface area contributed by atoms with E-state index in [0.29, 0.717) is 0 Å². The van der Waals surface area contributed by atoms with Crippen LogP contribution in [0, 0.1) is 47.3 Å². The molecule has 0 aliphatic heterocycles. The van der Waals surface area contributed by atoms with Gasteiger partial charge in [0.1, 0.15) is 0 Å². The molecule has 3 fully saturated rings. The van der Waals surface area contributed by atoms with Crippen LogP contribution in [0.4, 0.5) is 0 Å². The molecule has 0 aromatic rings. The van der Waals surface area contributed by atoms with Gasteiger partial charge >= 0.3 is 0 Å². The van der Waals surface area contributed by atoms with E-state index in [1.807, 2.05) is 7.11 Å². The smallest absolute Gasteiger partial charge is 0.0465 e. The van der Waals surface area contributed by atoms with E-state index >= 15 is 0 Å². The summed E-state index contributed by atoms with van der Waals surface area (Å²) in [6.45, 7) is 3.40. The Morgan fingerprint density at radius 1 is 1.00 bits per heavy atom. The third kappa shape index (κ3) is 1.32. The average molecular weight is 246 g/mol. The highest BCUT2D eigenvalue weighted by Gasteiger charge is 2.63. The molecule has 0 spiro atoms. The highest BCUT2D eigenvalue weighted by molar-refractivity contribution is 5.21. The van der Waals surface area contributed by atoms with E-state index in [-0.39, 0.29) is 0 Å². The first-order valence-electron chi connectivity index (χ1n) is 8.02. The van der Waals surface area contributed by atoms with Gasteiger partial charge in [-0.15, -0.1) is 0 Å². The Hall–Kier alpha value is -0.300. The molecule has 100 valence electrons. The van der Waals surface area contributed by atoms with Gasteiger partial charge in [-0.2, -0.15) is 0 Å². The van der Waals surface area contributed by atoms with Gasteiger partial charge in [-0.05, 0) is 66.6 Å². The lowest BCUT2D eigenvalue weighted by atomic mass is 9.63. The minimum atomic E-state index is 0.956. The Bertz CT molecular complexity index is 361. The molecule has 0 amide bonds. The number of ether oxygens (including phenoxy) is 1. The second-order valence-electron chi connectivity index (χ2n) is 7.18. The normalized spacial score (nSPS) is 55.4. The van der Waals surface area contributed by atoms with Crippen molar-refractivity contribution in [2.24, 2.45) is 47.3 Å². The zero-order valence-electron chi connectivity index (χ0n) is 11.7. The minimum absolute atomic E-state index is 0.956. The maximum atomic E-state index is 5.36. The molecule has 4 aliphatic rings. The number of allylic oxidation sites excluding steroid dienone is 2. The van der Waals surface area contributed by atoms with Crippen LogP contribution in [0.25, 0.3) is 0 Å². The molecule has 4 rings (SSSR count). The van der Waals surface area contributed by atoms with Crippen molar-refractivity contribution in [3.63, 3.8) is 0 Å². The lowest BCUT2D eigenvalue weighted by molar-refractivity contribution is 0.0602. The molecule has 3 saturated carbocycles. The quantitative estimate of drug-likeness (QED) is 0.542. The van der Waals surface area contributed by atoms with Gasteiger partial charge in [0.15, 0.2) is 0 Å². The van der Waals surface area contributed by atoms with Crippen LogP contribution in [-0.2, 0) is 4.74 Å². The molecule has 8 atom stereocenters. The van der Waals surface area contributed by atoms with Gasteiger partial charge in [0.2, 0.25) is 0 Å². The third-order valence-corrected chi connectivity index (χ3v) is 6.89. The van der Waals surface area contributed by atoms with Crippen molar-refractivity contribution in [3.05, 3.63) is 12.2 Å². The van der Waals surface area contributed by atoms with Gasteiger partial charge < -0.3 is 4.74 Å². The Kier molecular flexibility index (Phi) is 2.62. The maximum Gasteiger partial charge on any atom is 0.0465 e. The standard InChI is InChI=1S/C17H26O/c1-3-12-13(6-7-18-2)15-9-14(12)16-10-4-5-11(8-10)17(15)16/h4-5,10-17H,3,6-9H2,1-2H3. The monoisotopic (exact) mass is 246 g/mol. The Labute approximate surface area is 111 Å². The van der Waals surface area contributed by atoms with Gasteiger partial charge in [-0.25, -0.2) is 0 Å². The van der Waals surface area contributed by atoms with Crippen LogP contribution in [0.2, 0.25) is 0 Å². The van der Waals surface area contributed by atoms with Gasteiger partial charge in [0.25, 0.3) is 0 Å². The van der Waals surface area contributed by atoms with E-state index in [0.717, 1.165) is 54.0 Å². The van der Waals surface area contributed by atoms with Crippen molar-refractivity contribution in [2.75, 3.05) is 13.7 Å². The lowest BCUT2D eigenvalue weighted by Gasteiger charge is -2.41. The number of methoxy groups -OCH3 is 1. The molecule has 0 aromatic heterocycles. The Balaban J connectivity index is 1.60. The predicted molar refractivity (Wildman–Crippen MR) is 73.1 cm³/mol. The van der Waals surface area contributed by atoms with Gasteiger partial charge in [-0.3, -0.25) is 0 Å². The van der Waals surface area contributed by atoms with Crippen LogP contribution >= 0.6 is 0 Å². The minimum Gasteiger partial charge on any atom is -0.385 e. The molecular weight excluding hydrogens is 220 g/mol. The van der Waals surface area contributed by atoms with Crippen LogP contribution in [0.3, 0.4) is 0 Å².